The summed E-state index contributed by atoms with van der Waals surface area (Å²) < 4.78 is 45.8. The fourth-order valence-corrected chi connectivity index (χ4v) is 2.37. The summed E-state index contributed by atoms with van der Waals surface area (Å²) in [5.74, 6) is -4.08. The maximum atomic E-state index is 13.9. The fourth-order valence-electron chi connectivity index (χ4n) is 2.37. The van der Waals surface area contributed by atoms with Gasteiger partial charge in [-0.25, -0.2) is 13.2 Å². The molecule has 0 heterocycles. The average molecular weight is 296 g/mol. The van der Waals surface area contributed by atoms with E-state index in [1.54, 1.807) is 13.0 Å². The summed E-state index contributed by atoms with van der Waals surface area (Å²) in [6.07, 6.45) is 2.22. The normalized spacial score (nSPS) is 18.7. The number of ether oxygens (including phenoxy) is 1. The Balaban J connectivity index is 2.52. The topological polar surface area (TPSA) is 26.3 Å². The van der Waals surface area contributed by atoms with E-state index < -0.39 is 17.5 Å². The van der Waals surface area contributed by atoms with Crippen molar-refractivity contribution in [3.8, 4) is 0 Å². The lowest BCUT2D eigenvalue weighted by Crippen LogP contribution is -2.20. The number of benzene rings is 1. The van der Waals surface area contributed by atoms with Gasteiger partial charge in [0.15, 0.2) is 17.5 Å². The lowest BCUT2D eigenvalue weighted by atomic mass is 9.87. The minimum atomic E-state index is -1.54. The fraction of sp³-hybridized carbons (Fsp3) is 0.312. The smallest absolute Gasteiger partial charge is 0.195 e. The Kier molecular flexibility index (Phi) is 4.63. The zero-order valence-electron chi connectivity index (χ0n) is 11.8. The summed E-state index contributed by atoms with van der Waals surface area (Å²) in [5.41, 5.74) is 1.27. The highest BCUT2D eigenvalue weighted by Gasteiger charge is 2.24. The van der Waals surface area contributed by atoms with Crippen LogP contribution in [0.1, 0.15) is 25.8 Å². The van der Waals surface area contributed by atoms with Gasteiger partial charge in [-0.3, -0.25) is 4.79 Å². The number of carbonyl (C=O) groups is 1. The number of hydrogen-bond acceptors (Lipinski definition) is 2. The van der Waals surface area contributed by atoms with Gasteiger partial charge in [-0.2, -0.15) is 0 Å². The maximum absolute atomic E-state index is 13.9. The van der Waals surface area contributed by atoms with Crippen molar-refractivity contribution in [1.82, 2.24) is 0 Å². The molecular formula is C16H15F3O2. The van der Waals surface area contributed by atoms with Crippen LogP contribution in [0.15, 0.2) is 29.4 Å². The van der Waals surface area contributed by atoms with Gasteiger partial charge in [-0.15, -0.1) is 0 Å². The van der Waals surface area contributed by atoms with E-state index in [0.717, 1.165) is 17.7 Å². The molecule has 2 nitrogen and oxygen atoms in total. The first-order valence-corrected chi connectivity index (χ1v) is 6.61. The van der Waals surface area contributed by atoms with Crippen LogP contribution in [0.5, 0.6) is 0 Å². The van der Waals surface area contributed by atoms with Crippen molar-refractivity contribution < 1.29 is 22.7 Å². The molecule has 1 aliphatic carbocycles. The SMILES string of the molecule is CCOC1CC(C=O)=C(c2ccc(F)c(F)c2F)C=C1C. The largest absolute Gasteiger partial charge is 0.374 e. The predicted octanol–water partition coefficient (Wildman–Crippen LogP) is 3.81. The molecule has 0 bridgehead atoms. The van der Waals surface area contributed by atoms with Crippen molar-refractivity contribution in [3.05, 3.63) is 52.4 Å². The van der Waals surface area contributed by atoms with E-state index >= 15 is 0 Å². The summed E-state index contributed by atoms with van der Waals surface area (Å²) in [4.78, 5) is 11.2. The van der Waals surface area contributed by atoms with Gasteiger partial charge >= 0.3 is 0 Å². The summed E-state index contributed by atoms with van der Waals surface area (Å²) in [5, 5.41) is 0. The van der Waals surface area contributed by atoms with E-state index in [9.17, 15) is 18.0 Å². The van der Waals surface area contributed by atoms with Gasteiger partial charge in [-0.1, -0.05) is 6.08 Å². The first-order valence-electron chi connectivity index (χ1n) is 6.61. The standard InChI is InChI=1S/C16H15F3O2/c1-3-21-14-7-10(8-20)12(6-9(14)2)11-4-5-13(17)16(19)15(11)18/h4-6,8,14H,3,7H2,1-2H3. The van der Waals surface area contributed by atoms with Crippen LogP contribution in [0.25, 0.3) is 5.57 Å². The zero-order chi connectivity index (χ0) is 15.6. The molecule has 0 N–H and O–H groups in total. The molecule has 5 heteroatoms. The molecule has 1 unspecified atom stereocenters. The van der Waals surface area contributed by atoms with E-state index in [0.29, 0.717) is 18.5 Å². The van der Waals surface area contributed by atoms with E-state index in [2.05, 4.69) is 0 Å². The number of aldehydes is 1. The Morgan fingerprint density at radius 3 is 2.62 bits per heavy atom. The number of hydrogen-bond donors (Lipinski definition) is 0. The van der Waals surface area contributed by atoms with Crippen LogP contribution < -0.4 is 0 Å². The lowest BCUT2D eigenvalue weighted by molar-refractivity contribution is -0.105. The first kappa shape index (κ1) is 15.5. The Morgan fingerprint density at radius 2 is 2.00 bits per heavy atom. The summed E-state index contributed by atoms with van der Waals surface area (Å²) in [6.45, 7) is 4.11. The van der Waals surface area contributed by atoms with Crippen LogP contribution in [0.4, 0.5) is 13.2 Å². The Hall–Kier alpha value is -1.88. The van der Waals surface area contributed by atoms with E-state index in [1.165, 1.54) is 0 Å². The molecule has 0 spiro atoms. The van der Waals surface area contributed by atoms with Crippen molar-refractivity contribution >= 4 is 11.9 Å². The second kappa shape index (κ2) is 6.26. The van der Waals surface area contributed by atoms with E-state index in [-0.39, 0.29) is 23.7 Å². The molecule has 0 fully saturated rings. The molecule has 112 valence electrons. The zero-order valence-corrected chi connectivity index (χ0v) is 11.8. The molecule has 21 heavy (non-hydrogen) atoms. The molecule has 1 aromatic carbocycles. The highest BCUT2D eigenvalue weighted by molar-refractivity contribution is 5.93. The Morgan fingerprint density at radius 1 is 1.29 bits per heavy atom. The van der Waals surface area contributed by atoms with Gasteiger partial charge < -0.3 is 4.74 Å². The number of halogens is 3. The molecule has 1 atom stereocenters. The van der Waals surface area contributed by atoms with Gasteiger partial charge in [0.1, 0.15) is 6.29 Å². The second-order valence-electron chi connectivity index (χ2n) is 4.82. The third kappa shape index (κ3) is 2.93. The molecule has 0 aliphatic heterocycles. The van der Waals surface area contributed by atoms with Crippen molar-refractivity contribution in [3.63, 3.8) is 0 Å². The van der Waals surface area contributed by atoms with Crippen LogP contribution in [0.2, 0.25) is 0 Å². The monoisotopic (exact) mass is 296 g/mol. The molecule has 1 aliphatic rings. The highest BCUT2D eigenvalue weighted by atomic mass is 19.2. The molecule has 0 aromatic heterocycles. The third-order valence-electron chi connectivity index (χ3n) is 3.47. The van der Waals surface area contributed by atoms with Crippen LogP contribution in [0, 0.1) is 17.5 Å². The van der Waals surface area contributed by atoms with Crippen LogP contribution in [-0.4, -0.2) is 19.0 Å². The minimum Gasteiger partial charge on any atom is -0.374 e. The van der Waals surface area contributed by atoms with Crippen LogP contribution in [-0.2, 0) is 9.53 Å². The summed E-state index contributed by atoms with van der Waals surface area (Å²) >= 11 is 0. The van der Waals surface area contributed by atoms with Gasteiger partial charge in [0.25, 0.3) is 0 Å². The average Bonchev–Trinajstić information content (AvgIpc) is 2.47. The molecule has 0 amide bonds. The van der Waals surface area contributed by atoms with Crippen molar-refractivity contribution in [2.75, 3.05) is 6.61 Å². The quantitative estimate of drug-likeness (QED) is 0.624. The summed E-state index contributed by atoms with van der Waals surface area (Å²) in [7, 11) is 0. The molecular weight excluding hydrogens is 281 g/mol. The van der Waals surface area contributed by atoms with Crippen LogP contribution in [0.3, 0.4) is 0 Å². The first-order chi connectivity index (χ1) is 9.99. The third-order valence-corrected chi connectivity index (χ3v) is 3.47. The van der Waals surface area contributed by atoms with Crippen molar-refractivity contribution in [2.45, 2.75) is 26.4 Å². The Labute approximate surface area is 120 Å². The number of rotatable bonds is 4. The maximum Gasteiger partial charge on any atom is 0.195 e. The molecule has 0 saturated carbocycles. The highest BCUT2D eigenvalue weighted by Crippen LogP contribution is 2.33. The molecule has 1 aromatic rings. The predicted molar refractivity (Wildman–Crippen MR) is 73.1 cm³/mol. The number of carbonyl (C=O) groups excluding carboxylic acids is 1. The van der Waals surface area contributed by atoms with Crippen LogP contribution >= 0.6 is 0 Å². The van der Waals surface area contributed by atoms with E-state index in [4.69, 9.17) is 4.74 Å². The van der Waals surface area contributed by atoms with Gasteiger partial charge in [0.2, 0.25) is 0 Å². The second-order valence-corrected chi connectivity index (χ2v) is 4.82. The minimum absolute atomic E-state index is 0.120. The summed E-state index contributed by atoms with van der Waals surface area (Å²) in [6, 6.07) is 1.98. The van der Waals surface area contributed by atoms with Gasteiger partial charge in [-0.05, 0) is 37.1 Å². The van der Waals surface area contributed by atoms with Crippen molar-refractivity contribution in [2.24, 2.45) is 0 Å². The molecule has 0 saturated heterocycles. The number of allylic oxidation sites excluding steroid dienone is 2. The Bertz CT molecular complexity index is 633. The lowest BCUT2D eigenvalue weighted by Gasteiger charge is -2.24. The molecule has 0 radical (unpaired) electrons. The van der Waals surface area contributed by atoms with Gasteiger partial charge in [0, 0.05) is 24.2 Å². The van der Waals surface area contributed by atoms with Gasteiger partial charge in [0.05, 0.1) is 6.10 Å². The van der Waals surface area contributed by atoms with Crippen molar-refractivity contribution in [1.29, 1.82) is 0 Å². The molecule has 2 rings (SSSR count). The van der Waals surface area contributed by atoms with E-state index in [1.807, 2.05) is 6.92 Å².